The van der Waals surface area contributed by atoms with Crippen LogP contribution in [0.3, 0.4) is 0 Å². The fraction of sp³-hybridized carbons (Fsp3) is 0.500. The van der Waals surface area contributed by atoms with Crippen LogP contribution in [0.15, 0.2) is 18.2 Å². The van der Waals surface area contributed by atoms with Crippen molar-refractivity contribution in [3.63, 3.8) is 0 Å². The highest BCUT2D eigenvalue weighted by molar-refractivity contribution is 5.26. The summed E-state index contributed by atoms with van der Waals surface area (Å²) in [6.07, 6.45) is 0. The summed E-state index contributed by atoms with van der Waals surface area (Å²) in [5.41, 5.74) is 0.472. The van der Waals surface area contributed by atoms with Gasteiger partial charge in [-0.05, 0) is 29.2 Å². The molecule has 82 valence electrons. The predicted octanol–water partition coefficient (Wildman–Crippen LogP) is 2.68. The lowest BCUT2D eigenvalue weighted by atomic mass is 9.77. The van der Waals surface area contributed by atoms with Crippen molar-refractivity contribution in [1.82, 2.24) is 5.32 Å². The molecule has 0 aromatic heterocycles. The molecule has 0 radical (unpaired) electrons. The van der Waals surface area contributed by atoms with E-state index in [9.17, 15) is 8.78 Å². The van der Waals surface area contributed by atoms with Gasteiger partial charge >= 0.3 is 0 Å². The van der Waals surface area contributed by atoms with Gasteiger partial charge in [-0.15, -0.1) is 0 Å². The van der Waals surface area contributed by atoms with E-state index in [2.05, 4.69) is 19.2 Å². The number of rotatable bonds is 1. The molecule has 1 heterocycles. The highest BCUT2D eigenvalue weighted by Gasteiger charge is 2.36. The Hall–Kier alpha value is -0.960. The molecule has 0 saturated carbocycles. The number of hydrogen-bond donors (Lipinski definition) is 1. The molecule has 0 bridgehead atoms. The molecule has 1 aliphatic heterocycles. The van der Waals surface area contributed by atoms with Crippen molar-refractivity contribution >= 4 is 0 Å². The molecule has 1 N–H and O–H groups in total. The Kier molecular flexibility index (Phi) is 2.51. The maximum Gasteiger partial charge on any atom is 0.126 e. The quantitative estimate of drug-likeness (QED) is 0.753. The van der Waals surface area contributed by atoms with Crippen LogP contribution < -0.4 is 5.32 Å². The van der Waals surface area contributed by atoms with Gasteiger partial charge in [0, 0.05) is 19.0 Å². The molecule has 1 atom stereocenters. The first-order valence-electron chi connectivity index (χ1n) is 5.16. The van der Waals surface area contributed by atoms with Crippen molar-refractivity contribution in [2.75, 3.05) is 13.1 Å². The first-order chi connectivity index (χ1) is 7.00. The topological polar surface area (TPSA) is 12.0 Å². The second-order valence-electron chi connectivity index (χ2n) is 4.84. The van der Waals surface area contributed by atoms with E-state index in [4.69, 9.17) is 0 Å². The molecule has 1 aromatic rings. The first kappa shape index (κ1) is 10.6. The normalized spacial score (nSPS) is 24.4. The van der Waals surface area contributed by atoms with Crippen molar-refractivity contribution in [2.45, 2.75) is 19.8 Å². The van der Waals surface area contributed by atoms with E-state index in [1.54, 1.807) is 0 Å². The molecule has 0 amide bonds. The Bertz CT molecular complexity index is 374. The van der Waals surface area contributed by atoms with Gasteiger partial charge in [0.2, 0.25) is 0 Å². The van der Waals surface area contributed by atoms with E-state index in [0.29, 0.717) is 12.1 Å². The molecule has 1 unspecified atom stereocenters. The predicted molar refractivity (Wildman–Crippen MR) is 55.7 cm³/mol. The Morgan fingerprint density at radius 2 is 2.07 bits per heavy atom. The maximum atomic E-state index is 13.6. The lowest BCUT2D eigenvalue weighted by Crippen LogP contribution is -2.21. The number of halogens is 2. The summed E-state index contributed by atoms with van der Waals surface area (Å²) in [6.45, 7) is 5.70. The van der Waals surface area contributed by atoms with Gasteiger partial charge in [-0.2, -0.15) is 0 Å². The average molecular weight is 211 g/mol. The maximum absolute atomic E-state index is 13.6. The zero-order chi connectivity index (χ0) is 11.1. The van der Waals surface area contributed by atoms with Crippen LogP contribution in [0, 0.1) is 17.0 Å². The van der Waals surface area contributed by atoms with Crippen LogP contribution >= 0.6 is 0 Å². The summed E-state index contributed by atoms with van der Waals surface area (Å²) >= 11 is 0. The molecule has 1 nitrogen and oxygen atoms in total. The van der Waals surface area contributed by atoms with E-state index < -0.39 is 0 Å². The largest absolute Gasteiger partial charge is 0.316 e. The minimum atomic E-state index is -0.367. The van der Waals surface area contributed by atoms with Crippen LogP contribution in [-0.2, 0) is 0 Å². The molecule has 0 spiro atoms. The number of nitrogens with one attached hydrogen (secondary N) is 1. The van der Waals surface area contributed by atoms with Crippen LogP contribution in [-0.4, -0.2) is 13.1 Å². The van der Waals surface area contributed by atoms with Crippen molar-refractivity contribution in [1.29, 1.82) is 0 Å². The fourth-order valence-electron chi connectivity index (χ4n) is 2.25. The Labute approximate surface area is 88.5 Å². The Morgan fingerprint density at radius 3 is 2.67 bits per heavy atom. The van der Waals surface area contributed by atoms with Crippen molar-refractivity contribution in [2.24, 2.45) is 5.41 Å². The van der Waals surface area contributed by atoms with Crippen LogP contribution in [0.25, 0.3) is 0 Å². The third-order valence-electron chi connectivity index (χ3n) is 3.21. The molecular weight excluding hydrogens is 196 g/mol. The molecule has 1 aromatic carbocycles. The number of hydrogen-bond acceptors (Lipinski definition) is 1. The number of benzene rings is 1. The molecular formula is C12H15F2N. The molecule has 15 heavy (non-hydrogen) atoms. The van der Waals surface area contributed by atoms with Crippen molar-refractivity contribution in [3.05, 3.63) is 35.4 Å². The van der Waals surface area contributed by atoms with E-state index in [0.717, 1.165) is 12.6 Å². The summed E-state index contributed by atoms with van der Waals surface area (Å²) < 4.78 is 26.6. The third-order valence-corrected chi connectivity index (χ3v) is 3.21. The second kappa shape index (κ2) is 3.56. The van der Waals surface area contributed by atoms with Crippen molar-refractivity contribution < 1.29 is 8.78 Å². The molecule has 0 aliphatic carbocycles. The standard InChI is InChI=1S/C12H15F2N/c1-12(2)7-15-6-10(12)9-5-8(13)3-4-11(9)14/h3-5,10,15H,6-7H2,1-2H3. The van der Waals surface area contributed by atoms with Crippen molar-refractivity contribution in [3.8, 4) is 0 Å². The minimum absolute atomic E-state index is 0.0192. The zero-order valence-electron chi connectivity index (χ0n) is 8.98. The van der Waals surface area contributed by atoms with E-state index in [1.165, 1.54) is 12.1 Å². The summed E-state index contributed by atoms with van der Waals surface area (Å²) in [7, 11) is 0. The highest BCUT2D eigenvalue weighted by Crippen LogP contribution is 2.39. The molecule has 2 rings (SSSR count). The Morgan fingerprint density at radius 1 is 1.33 bits per heavy atom. The molecule has 3 heteroatoms. The van der Waals surface area contributed by atoms with Gasteiger partial charge in [0.1, 0.15) is 11.6 Å². The minimum Gasteiger partial charge on any atom is -0.316 e. The van der Waals surface area contributed by atoms with Crippen LogP contribution in [0.2, 0.25) is 0 Å². The van der Waals surface area contributed by atoms with Gasteiger partial charge in [-0.1, -0.05) is 13.8 Å². The average Bonchev–Trinajstić information content (AvgIpc) is 2.50. The van der Waals surface area contributed by atoms with Gasteiger partial charge in [0.15, 0.2) is 0 Å². The summed E-state index contributed by atoms with van der Waals surface area (Å²) in [5, 5.41) is 3.22. The summed E-state index contributed by atoms with van der Waals surface area (Å²) in [4.78, 5) is 0. The summed E-state index contributed by atoms with van der Waals surface area (Å²) in [5.74, 6) is -0.625. The fourth-order valence-corrected chi connectivity index (χ4v) is 2.25. The highest BCUT2D eigenvalue weighted by atomic mass is 19.1. The molecule has 1 saturated heterocycles. The van der Waals surface area contributed by atoms with Gasteiger partial charge in [-0.3, -0.25) is 0 Å². The van der Waals surface area contributed by atoms with Gasteiger partial charge in [-0.25, -0.2) is 8.78 Å². The monoisotopic (exact) mass is 211 g/mol. The summed E-state index contributed by atoms with van der Waals surface area (Å²) in [6, 6.07) is 3.68. The van der Waals surface area contributed by atoms with Crippen LogP contribution in [0.5, 0.6) is 0 Å². The van der Waals surface area contributed by atoms with E-state index >= 15 is 0 Å². The van der Waals surface area contributed by atoms with E-state index in [1.807, 2.05) is 0 Å². The third kappa shape index (κ3) is 1.88. The zero-order valence-corrected chi connectivity index (χ0v) is 8.98. The first-order valence-corrected chi connectivity index (χ1v) is 5.16. The van der Waals surface area contributed by atoms with Gasteiger partial charge in [0.05, 0.1) is 0 Å². The van der Waals surface area contributed by atoms with Crippen LogP contribution in [0.4, 0.5) is 8.78 Å². The lowest BCUT2D eigenvalue weighted by molar-refractivity contribution is 0.354. The molecule has 1 aliphatic rings. The van der Waals surface area contributed by atoms with Gasteiger partial charge < -0.3 is 5.32 Å². The van der Waals surface area contributed by atoms with Gasteiger partial charge in [0.25, 0.3) is 0 Å². The van der Waals surface area contributed by atoms with E-state index in [-0.39, 0.29) is 23.0 Å². The Balaban J connectivity index is 2.40. The SMILES string of the molecule is CC1(C)CNCC1c1cc(F)ccc1F. The second-order valence-corrected chi connectivity index (χ2v) is 4.84. The smallest absolute Gasteiger partial charge is 0.126 e. The lowest BCUT2D eigenvalue weighted by Gasteiger charge is -2.26. The van der Waals surface area contributed by atoms with Crippen LogP contribution in [0.1, 0.15) is 25.3 Å². The molecule has 1 fully saturated rings.